The quantitative estimate of drug-likeness (QED) is 0.744. The van der Waals surface area contributed by atoms with Gasteiger partial charge in [0.1, 0.15) is 24.0 Å². The number of fused-ring (bicyclic) bond motifs is 1. The molecule has 0 N–H and O–H groups in total. The van der Waals surface area contributed by atoms with Crippen molar-refractivity contribution >= 4 is 5.82 Å². The molecule has 0 bridgehead atoms. The second-order valence-electron chi connectivity index (χ2n) is 7.48. The lowest BCUT2D eigenvalue weighted by molar-refractivity contribution is 0.101. The van der Waals surface area contributed by atoms with E-state index in [1.807, 2.05) is 11.9 Å². The molecule has 0 radical (unpaired) electrons. The van der Waals surface area contributed by atoms with E-state index >= 15 is 0 Å². The van der Waals surface area contributed by atoms with Gasteiger partial charge in [-0.2, -0.15) is 4.98 Å². The minimum Gasteiger partial charge on any atom is -0.480 e. The predicted octanol–water partition coefficient (Wildman–Crippen LogP) is 3.37. The summed E-state index contributed by atoms with van der Waals surface area (Å²) in [5.41, 5.74) is -1.19. The smallest absolute Gasteiger partial charge is 0.352 e. The van der Waals surface area contributed by atoms with E-state index in [-0.39, 0.29) is 24.7 Å². The van der Waals surface area contributed by atoms with Gasteiger partial charge in [0.25, 0.3) is 0 Å². The Hall–Kier alpha value is -3.23. The molecule has 0 spiro atoms. The van der Waals surface area contributed by atoms with Crippen molar-refractivity contribution in [2.24, 2.45) is 0 Å². The number of hydrogen-bond acceptors (Lipinski definition) is 5. The average molecular weight is 419 g/mol. The fraction of sp³-hybridized carbons (Fsp3) is 0.333. The molecule has 2 aromatic rings. The average Bonchev–Trinajstić information content (AvgIpc) is 3.07. The minimum atomic E-state index is -1.35. The van der Waals surface area contributed by atoms with Gasteiger partial charge in [-0.3, -0.25) is 4.57 Å². The van der Waals surface area contributed by atoms with Crippen LogP contribution in [0.4, 0.5) is 19.0 Å². The zero-order valence-corrected chi connectivity index (χ0v) is 16.5. The molecule has 30 heavy (non-hydrogen) atoms. The van der Waals surface area contributed by atoms with Gasteiger partial charge in [0, 0.05) is 38.7 Å². The summed E-state index contributed by atoms with van der Waals surface area (Å²) in [4.78, 5) is 17.9. The Kier molecular flexibility index (Phi) is 5.05. The second-order valence-corrected chi connectivity index (χ2v) is 7.48. The first kappa shape index (κ1) is 20.1. The van der Waals surface area contributed by atoms with E-state index in [2.05, 4.69) is 4.98 Å². The molecule has 1 aliphatic carbocycles. The number of rotatable bonds is 5. The Morgan fingerprint density at radius 3 is 2.70 bits per heavy atom. The van der Waals surface area contributed by atoms with Crippen molar-refractivity contribution in [2.45, 2.75) is 25.5 Å². The van der Waals surface area contributed by atoms with Crippen LogP contribution in [0.1, 0.15) is 13.3 Å². The van der Waals surface area contributed by atoms with E-state index < -0.39 is 28.8 Å². The summed E-state index contributed by atoms with van der Waals surface area (Å²) < 4.78 is 54.0. The van der Waals surface area contributed by atoms with Crippen molar-refractivity contribution in [2.75, 3.05) is 25.1 Å². The standard InChI is InChI=1S/C21H20F3N3O3/c1-21(30-14-3-4-15(22)16(23)10-14)6-5-13(9-17(21)24)12-29-18-11-19-26(2)7-8-27(19)20(28)25-18/h3-5,9-11H,6-8,12H2,1-2H3. The molecule has 0 amide bonds. The van der Waals surface area contributed by atoms with Crippen LogP contribution in [0.3, 0.4) is 0 Å². The third-order valence-corrected chi connectivity index (χ3v) is 5.21. The molecular formula is C21H20F3N3O3. The topological polar surface area (TPSA) is 56.6 Å². The van der Waals surface area contributed by atoms with Crippen LogP contribution in [0.5, 0.6) is 11.6 Å². The lowest BCUT2D eigenvalue weighted by Gasteiger charge is -2.31. The van der Waals surface area contributed by atoms with E-state index in [1.165, 1.54) is 19.1 Å². The molecule has 6 nitrogen and oxygen atoms in total. The van der Waals surface area contributed by atoms with Crippen molar-refractivity contribution in [1.29, 1.82) is 0 Å². The van der Waals surface area contributed by atoms with Crippen LogP contribution in [-0.4, -0.2) is 35.4 Å². The second kappa shape index (κ2) is 7.55. The molecule has 2 aliphatic rings. The van der Waals surface area contributed by atoms with E-state index in [0.29, 0.717) is 12.1 Å². The lowest BCUT2D eigenvalue weighted by atomic mass is 9.92. The molecule has 9 heteroatoms. The first-order chi connectivity index (χ1) is 14.2. The Labute approximate surface area is 170 Å². The number of likely N-dealkylation sites (N-methyl/N-ethyl adjacent to an activating group) is 1. The van der Waals surface area contributed by atoms with Crippen molar-refractivity contribution in [3.8, 4) is 11.6 Å². The number of benzene rings is 1. The van der Waals surface area contributed by atoms with E-state index in [4.69, 9.17) is 9.47 Å². The molecule has 1 aliphatic heterocycles. The van der Waals surface area contributed by atoms with Crippen molar-refractivity contribution < 1.29 is 22.6 Å². The SMILES string of the molecule is CN1CCn2c1cc(OCC1=CCC(C)(Oc3ccc(F)c(F)c3)C(F)=C1)nc2=O. The third-order valence-electron chi connectivity index (χ3n) is 5.21. The maximum Gasteiger partial charge on any atom is 0.352 e. The Morgan fingerprint density at radius 2 is 1.97 bits per heavy atom. The van der Waals surface area contributed by atoms with Crippen LogP contribution >= 0.6 is 0 Å². The highest BCUT2D eigenvalue weighted by atomic mass is 19.2. The number of ether oxygens (including phenoxy) is 2. The molecule has 1 unspecified atom stereocenters. The molecule has 0 fully saturated rings. The molecule has 4 rings (SSSR count). The van der Waals surface area contributed by atoms with Gasteiger partial charge < -0.3 is 14.4 Å². The van der Waals surface area contributed by atoms with Crippen molar-refractivity contribution in [3.05, 3.63) is 69.9 Å². The van der Waals surface area contributed by atoms with E-state index in [9.17, 15) is 18.0 Å². The lowest BCUT2D eigenvalue weighted by Crippen LogP contribution is -2.34. The van der Waals surface area contributed by atoms with Crippen molar-refractivity contribution in [3.63, 3.8) is 0 Å². The van der Waals surface area contributed by atoms with Crippen molar-refractivity contribution in [1.82, 2.24) is 9.55 Å². The highest BCUT2D eigenvalue weighted by Crippen LogP contribution is 2.34. The monoisotopic (exact) mass is 419 g/mol. The summed E-state index contributed by atoms with van der Waals surface area (Å²) in [6.07, 6.45) is 3.17. The number of aromatic nitrogens is 2. The van der Waals surface area contributed by atoms with Gasteiger partial charge in [-0.1, -0.05) is 6.08 Å². The summed E-state index contributed by atoms with van der Waals surface area (Å²) in [5.74, 6) is -1.73. The Balaban J connectivity index is 1.44. The number of anilines is 1. The van der Waals surface area contributed by atoms with E-state index in [1.54, 1.807) is 16.7 Å². The highest BCUT2D eigenvalue weighted by molar-refractivity contribution is 5.44. The summed E-state index contributed by atoms with van der Waals surface area (Å²) in [7, 11) is 1.87. The number of hydrogen-bond donors (Lipinski definition) is 0. The summed E-state index contributed by atoms with van der Waals surface area (Å²) in [6, 6.07) is 4.73. The predicted molar refractivity (Wildman–Crippen MR) is 105 cm³/mol. The molecule has 158 valence electrons. The fourth-order valence-electron chi connectivity index (χ4n) is 3.38. The number of nitrogens with zero attached hydrogens (tertiary/aromatic N) is 3. The van der Waals surface area contributed by atoms with E-state index in [0.717, 1.165) is 24.5 Å². The van der Waals surface area contributed by atoms with Crippen LogP contribution in [-0.2, 0) is 6.54 Å². The van der Waals surface area contributed by atoms with Gasteiger partial charge in [-0.25, -0.2) is 18.0 Å². The fourth-order valence-corrected chi connectivity index (χ4v) is 3.38. The van der Waals surface area contributed by atoms with Crippen LogP contribution in [0.2, 0.25) is 0 Å². The summed E-state index contributed by atoms with van der Waals surface area (Å²) in [6.45, 7) is 2.84. The first-order valence-corrected chi connectivity index (χ1v) is 9.42. The van der Waals surface area contributed by atoms with Crippen LogP contribution in [0, 0.1) is 11.6 Å². The summed E-state index contributed by atoms with van der Waals surface area (Å²) >= 11 is 0. The Bertz CT molecular complexity index is 1110. The first-order valence-electron chi connectivity index (χ1n) is 9.42. The molecule has 1 atom stereocenters. The molecule has 1 aromatic heterocycles. The normalized spacial score (nSPS) is 20.5. The van der Waals surface area contributed by atoms with Crippen LogP contribution in [0.15, 0.2) is 52.6 Å². The maximum atomic E-state index is 14.8. The maximum absolute atomic E-state index is 14.8. The van der Waals surface area contributed by atoms with Crippen LogP contribution < -0.4 is 20.1 Å². The van der Waals surface area contributed by atoms with Gasteiger partial charge in [0.15, 0.2) is 17.2 Å². The molecular weight excluding hydrogens is 399 g/mol. The number of halogens is 3. The van der Waals surface area contributed by atoms with Gasteiger partial charge in [0.2, 0.25) is 5.88 Å². The Morgan fingerprint density at radius 1 is 1.17 bits per heavy atom. The largest absolute Gasteiger partial charge is 0.480 e. The molecule has 1 aromatic carbocycles. The summed E-state index contributed by atoms with van der Waals surface area (Å²) in [5, 5.41) is 0. The van der Waals surface area contributed by atoms with Gasteiger partial charge in [-0.05, 0) is 30.7 Å². The van der Waals surface area contributed by atoms with Gasteiger partial charge >= 0.3 is 5.69 Å². The zero-order chi connectivity index (χ0) is 21.5. The molecule has 0 saturated heterocycles. The van der Waals surface area contributed by atoms with Crippen LogP contribution in [0.25, 0.3) is 0 Å². The molecule has 0 saturated carbocycles. The highest BCUT2D eigenvalue weighted by Gasteiger charge is 2.34. The third kappa shape index (κ3) is 3.79. The van der Waals surface area contributed by atoms with Gasteiger partial charge in [-0.15, -0.1) is 0 Å². The molecule has 2 heterocycles. The zero-order valence-electron chi connectivity index (χ0n) is 16.5. The minimum absolute atomic E-state index is 0.0221. The van der Waals surface area contributed by atoms with Gasteiger partial charge in [0.05, 0.1) is 0 Å².